The summed E-state index contributed by atoms with van der Waals surface area (Å²) in [6.07, 6.45) is -4.37. The molecule has 2 rings (SSSR count). The van der Waals surface area contributed by atoms with Crippen molar-refractivity contribution in [3.63, 3.8) is 0 Å². The van der Waals surface area contributed by atoms with Crippen molar-refractivity contribution in [2.75, 3.05) is 0 Å². The molecule has 0 fully saturated rings. The summed E-state index contributed by atoms with van der Waals surface area (Å²) in [6, 6.07) is 6.12. The summed E-state index contributed by atoms with van der Waals surface area (Å²) >= 11 is -1.23. The normalized spacial score (nSPS) is 12.8. The van der Waals surface area contributed by atoms with Gasteiger partial charge in [-0.3, -0.25) is 4.21 Å². The van der Waals surface area contributed by atoms with Crippen LogP contribution in [0.3, 0.4) is 0 Å². The molecular formula is C12H8F3NaO2S2. The van der Waals surface area contributed by atoms with E-state index in [0.717, 1.165) is 28.3 Å². The zero-order valence-electron chi connectivity index (χ0n) is 10.7. The van der Waals surface area contributed by atoms with E-state index in [4.69, 9.17) is 0 Å². The van der Waals surface area contributed by atoms with Crippen LogP contribution in [0.5, 0.6) is 0 Å². The molecule has 1 aromatic heterocycles. The number of aryl methyl sites for hydroxylation is 1. The maximum absolute atomic E-state index is 12.4. The second-order valence-corrected chi connectivity index (χ2v) is 6.27. The van der Waals surface area contributed by atoms with E-state index in [1.165, 1.54) is 18.2 Å². The van der Waals surface area contributed by atoms with Gasteiger partial charge in [-0.25, -0.2) is 0 Å². The fourth-order valence-electron chi connectivity index (χ4n) is 1.66. The fourth-order valence-corrected chi connectivity index (χ4v) is 3.29. The Labute approximate surface area is 142 Å². The van der Waals surface area contributed by atoms with Crippen LogP contribution >= 0.6 is 11.3 Å². The van der Waals surface area contributed by atoms with Crippen LogP contribution in [0, 0.1) is 6.92 Å². The molecule has 0 aliphatic heterocycles. The second-order valence-electron chi connectivity index (χ2n) is 3.85. The quantitative estimate of drug-likeness (QED) is 0.609. The van der Waals surface area contributed by atoms with Gasteiger partial charge in [0.05, 0.1) is 9.77 Å². The Morgan fingerprint density at radius 1 is 1.20 bits per heavy atom. The molecule has 0 N–H and O–H groups in total. The fraction of sp³-hybridized carbons (Fsp3) is 0.167. The van der Waals surface area contributed by atoms with Gasteiger partial charge in [-0.15, -0.1) is 11.3 Å². The van der Waals surface area contributed by atoms with Gasteiger partial charge in [0.15, 0.2) is 0 Å². The molecular weight excluding hydrogens is 320 g/mol. The van der Waals surface area contributed by atoms with E-state index in [9.17, 15) is 21.9 Å². The van der Waals surface area contributed by atoms with Crippen LogP contribution in [0.1, 0.15) is 10.4 Å². The maximum atomic E-state index is 12.4. The van der Waals surface area contributed by atoms with Crippen molar-refractivity contribution in [2.24, 2.45) is 0 Å². The third kappa shape index (κ3) is 3.93. The first-order valence-corrected chi connectivity index (χ1v) is 7.05. The molecule has 0 radical (unpaired) electrons. The van der Waals surface area contributed by atoms with E-state index in [-0.39, 0.29) is 33.8 Å². The summed E-state index contributed by atoms with van der Waals surface area (Å²) in [4.78, 5) is 0.749. The number of alkyl halides is 3. The Hall–Kier alpha value is -0.180. The molecule has 1 aromatic carbocycles. The van der Waals surface area contributed by atoms with Gasteiger partial charge < -0.3 is 4.55 Å². The van der Waals surface area contributed by atoms with Gasteiger partial charge in [0.25, 0.3) is 0 Å². The van der Waals surface area contributed by atoms with Crippen molar-refractivity contribution in [3.8, 4) is 11.1 Å². The number of rotatable bonds is 2. The molecule has 1 atom stereocenters. The van der Waals surface area contributed by atoms with E-state index < -0.39 is 22.8 Å². The minimum absolute atomic E-state index is 0. The van der Waals surface area contributed by atoms with Gasteiger partial charge in [0.2, 0.25) is 0 Å². The molecule has 1 heterocycles. The Bertz CT molecular complexity index is 621. The van der Waals surface area contributed by atoms with E-state index in [2.05, 4.69) is 0 Å². The summed E-state index contributed by atoms with van der Waals surface area (Å²) in [5.74, 6) is 0. The summed E-state index contributed by atoms with van der Waals surface area (Å²) in [7, 11) is 0. The molecule has 0 amide bonds. The largest absolute Gasteiger partial charge is 1.00 e. The standard InChI is InChI=1S/C12H9F3O2S2.Na/c1-7-10(6-11(18-7)19(16)17)8-2-4-9(5-3-8)12(13,14)15;/h2-6H,1H3,(H,16,17);/q;+1/p-1. The van der Waals surface area contributed by atoms with Crippen LogP contribution in [-0.4, -0.2) is 8.76 Å². The molecule has 8 heteroatoms. The van der Waals surface area contributed by atoms with Crippen LogP contribution in [0.2, 0.25) is 0 Å². The van der Waals surface area contributed by atoms with Crippen LogP contribution in [-0.2, 0) is 17.3 Å². The Kier molecular flexibility index (Phi) is 6.01. The predicted octanol–water partition coefficient (Wildman–Crippen LogP) is 0.984. The van der Waals surface area contributed by atoms with E-state index in [1.54, 1.807) is 6.92 Å². The minimum atomic E-state index is -4.37. The second kappa shape index (κ2) is 6.72. The van der Waals surface area contributed by atoms with Gasteiger partial charge in [0, 0.05) is 4.88 Å². The predicted molar refractivity (Wildman–Crippen MR) is 66.7 cm³/mol. The Balaban J connectivity index is 0.00000200. The van der Waals surface area contributed by atoms with Crippen molar-refractivity contribution >= 4 is 22.4 Å². The number of benzene rings is 1. The monoisotopic (exact) mass is 328 g/mol. The van der Waals surface area contributed by atoms with Crippen LogP contribution in [0.15, 0.2) is 34.5 Å². The van der Waals surface area contributed by atoms with E-state index in [0.29, 0.717) is 11.1 Å². The molecule has 102 valence electrons. The summed E-state index contributed by atoms with van der Waals surface area (Å²) in [5.41, 5.74) is 0.480. The van der Waals surface area contributed by atoms with Crippen molar-refractivity contribution < 1.29 is 51.5 Å². The molecule has 0 spiro atoms. The molecule has 20 heavy (non-hydrogen) atoms. The SMILES string of the molecule is Cc1sc(S(=O)[O-])cc1-c1ccc(C(F)(F)F)cc1.[Na+]. The van der Waals surface area contributed by atoms with Crippen molar-refractivity contribution in [2.45, 2.75) is 17.3 Å². The molecule has 1 unspecified atom stereocenters. The smallest absolute Gasteiger partial charge is 0.768 e. The van der Waals surface area contributed by atoms with Crippen LogP contribution in [0.4, 0.5) is 13.2 Å². The molecule has 0 saturated carbocycles. The van der Waals surface area contributed by atoms with Gasteiger partial charge in [-0.1, -0.05) is 12.1 Å². The first-order valence-electron chi connectivity index (χ1n) is 5.16. The van der Waals surface area contributed by atoms with E-state index >= 15 is 0 Å². The number of thiophene rings is 1. The molecule has 0 aliphatic rings. The molecule has 0 saturated heterocycles. The summed E-state index contributed by atoms with van der Waals surface area (Å²) in [5, 5.41) is 0. The first-order chi connectivity index (χ1) is 8.79. The van der Waals surface area contributed by atoms with Gasteiger partial charge in [-0.05, 0) is 47.3 Å². The summed E-state index contributed by atoms with van der Waals surface area (Å²) in [6.45, 7) is 1.73. The Morgan fingerprint density at radius 2 is 1.75 bits per heavy atom. The van der Waals surface area contributed by atoms with Crippen molar-refractivity contribution in [1.82, 2.24) is 0 Å². The van der Waals surface area contributed by atoms with Crippen LogP contribution < -0.4 is 29.6 Å². The third-order valence-corrected chi connectivity index (χ3v) is 4.53. The van der Waals surface area contributed by atoms with Gasteiger partial charge in [-0.2, -0.15) is 13.2 Å². The van der Waals surface area contributed by atoms with Gasteiger partial charge in [0.1, 0.15) is 0 Å². The molecule has 2 nitrogen and oxygen atoms in total. The van der Waals surface area contributed by atoms with Crippen molar-refractivity contribution in [1.29, 1.82) is 0 Å². The zero-order chi connectivity index (χ0) is 14.2. The average Bonchev–Trinajstić information content (AvgIpc) is 2.70. The van der Waals surface area contributed by atoms with Gasteiger partial charge >= 0.3 is 35.7 Å². The molecule has 0 aliphatic carbocycles. The number of hydrogen-bond donors (Lipinski definition) is 0. The number of halogens is 3. The topological polar surface area (TPSA) is 40.1 Å². The Morgan fingerprint density at radius 3 is 2.15 bits per heavy atom. The summed E-state index contributed by atoms with van der Waals surface area (Å²) < 4.78 is 59.2. The third-order valence-electron chi connectivity index (χ3n) is 2.58. The molecule has 2 aromatic rings. The van der Waals surface area contributed by atoms with Crippen molar-refractivity contribution in [3.05, 3.63) is 40.8 Å². The minimum Gasteiger partial charge on any atom is -0.768 e. The number of hydrogen-bond acceptors (Lipinski definition) is 3. The first kappa shape index (κ1) is 17.9. The van der Waals surface area contributed by atoms with E-state index in [1.807, 2.05) is 0 Å². The maximum Gasteiger partial charge on any atom is 1.00 e. The average molecular weight is 328 g/mol. The zero-order valence-corrected chi connectivity index (χ0v) is 14.3. The van der Waals surface area contributed by atoms with Crippen LogP contribution in [0.25, 0.3) is 11.1 Å². The molecule has 0 bridgehead atoms.